The summed E-state index contributed by atoms with van der Waals surface area (Å²) in [4.78, 5) is 0. The van der Waals surface area contributed by atoms with Crippen molar-refractivity contribution >= 4 is 35.9 Å². The van der Waals surface area contributed by atoms with Crippen molar-refractivity contribution in [3.8, 4) is 0 Å². The Hall–Kier alpha value is -0.990. The highest BCUT2D eigenvalue weighted by atomic mass is 35.5. The third-order valence-electron chi connectivity index (χ3n) is 1.33. The van der Waals surface area contributed by atoms with Gasteiger partial charge in [-0.3, -0.25) is 5.41 Å². The smallest absolute Gasteiger partial charge is 0.115 e. The highest BCUT2D eigenvalue weighted by Gasteiger charge is 1.87. The third kappa shape index (κ3) is 4.55. The Morgan fingerprint density at radius 2 is 1.85 bits per heavy atom. The van der Waals surface area contributed by atoms with Crippen LogP contribution in [0.1, 0.15) is 5.56 Å². The summed E-state index contributed by atoms with van der Waals surface area (Å²) in [6, 6.07) is 7.31. The fourth-order valence-electron chi connectivity index (χ4n) is 0.760. The van der Waals surface area contributed by atoms with Crippen molar-refractivity contribution in [2.24, 2.45) is 5.73 Å². The van der Waals surface area contributed by atoms with Gasteiger partial charge in [-0.2, -0.15) is 0 Å². The molecule has 4 heteroatoms. The van der Waals surface area contributed by atoms with E-state index in [9.17, 15) is 0 Å². The number of hydrogen-bond donors (Lipinski definition) is 2. The summed E-state index contributed by atoms with van der Waals surface area (Å²) in [5.41, 5.74) is 6.12. The van der Waals surface area contributed by atoms with Crippen molar-refractivity contribution in [3.05, 3.63) is 40.9 Å². The van der Waals surface area contributed by atoms with Gasteiger partial charge in [0.1, 0.15) is 5.84 Å². The highest BCUT2D eigenvalue weighted by Crippen LogP contribution is 2.10. The quantitative estimate of drug-likeness (QED) is 0.580. The van der Waals surface area contributed by atoms with Gasteiger partial charge in [-0.25, -0.2) is 0 Å². The molecule has 0 aliphatic rings. The van der Waals surface area contributed by atoms with E-state index >= 15 is 0 Å². The molecule has 0 bridgehead atoms. The standard InChI is InChI=1S/C9H9ClN2.ClH/c10-8-4-1-7(2-5-8)3-6-9(11)12;/h1-6H,(H3,11,12);1H/b6-3+;. The molecule has 0 atom stereocenters. The van der Waals surface area contributed by atoms with Crippen LogP contribution in [0.3, 0.4) is 0 Å². The first kappa shape index (κ1) is 12.0. The van der Waals surface area contributed by atoms with Crippen LogP contribution < -0.4 is 5.73 Å². The van der Waals surface area contributed by atoms with E-state index in [1.807, 2.05) is 12.1 Å². The van der Waals surface area contributed by atoms with Crippen molar-refractivity contribution < 1.29 is 0 Å². The number of amidine groups is 1. The maximum Gasteiger partial charge on any atom is 0.115 e. The number of rotatable bonds is 2. The minimum atomic E-state index is 0. The van der Waals surface area contributed by atoms with Gasteiger partial charge < -0.3 is 5.73 Å². The van der Waals surface area contributed by atoms with Crippen molar-refractivity contribution in [2.75, 3.05) is 0 Å². The predicted octanol–water partition coefficient (Wildman–Crippen LogP) is 2.71. The highest BCUT2D eigenvalue weighted by molar-refractivity contribution is 6.30. The topological polar surface area (TPSA) is 49.9 Å². The van der Waals surface area contributed by atoms with Gasteiger partial charge in [-0.1, -0.05) is 29.8 Å². The second-order valence-corrected chi connectivity index (χ2v) is 2.78. The number of nitrogens with one attached hydrogen (secondary N) is 1. The molecule has 0 unspecified atom stereocenters. The number of benzene rings is 1. The Labute approximate surface area is 88.3 Å². The van der Waals surface area contributed by atoms with Crippen molar-refractivity contribution in [3.63, 3.8) is 0 Å². The lowest BCUT2D eigenvalue weighted by atomic mass is 10.2. The number of nitrogens with two attached hydrogens (primary N) is 1. The predicted molar refractivity (Wildman–Crippen MR) is 59.6 cm³/mol. The fourth-order valence-corrected chi connectivity index (χ4v) is 0.886. The molecule has 0 saturated heterocycles. The molecule has 0 heterocycles. The van der Waals surface area contributed by atoms with Gasteiger partial charge in [0.05, 0.1) is 0 Å². The zero-order chi connectivity index (χ0) is 8.97. The largest absolute Gasteiger partial charge is 0.384 e. The first-order chi connectivity index (χ1) is 5.68. The van der Waals surface area contributed by atoms with E-state index < -0.39 is 0 Å². The van der Waals surface area contributed by atoms with Crippen LogP contribution in [0.15, 0.2) is 30.3 Å². The SMILES string of the molecule is Cl.N=C(N)/C=C/c1ccc(Cl)cc1. The Morgan fingerprint density at radius 1 is 1.31 bits per heavy atom. The van der Waals surface area contributed by atoms with Crippen LogP contribution in [-0.2, 0) is 0 Å². The summed E-state index contributed by atoms with van der Waals surface area (Å²) in [7, 11) is 0. The molecule has 13 heavy (non-hydrogen) atoms. The number of halogens is 2. The first-order valence-electron chi connectivity index (χ1n) is 3.46. The lowest BCUT2D eigenvalue weighted by molar-refractivity contribution is 1.47. The summed E-state index contributed by atoms with van der Waals surface area (Å²) in [6.07, 6.45) is 3.29. The maximum absolute atomic E-state index is 6.95. The third-order valence-corrected chi connectivity index (χ3v) is 1.58. The molecule has 70 valence electrons. The molecule has 2 nitrogen and oxygen atoms in total. The van der Waals surface area contributed by atoms with Crippen LogP contribution in [0.4, 0.5) is 0 Å². The van der Waals surface area contributed by atoms with Crippen LogP contribution in [-0.4, -0.2) is 5.84 Å². The molecule has 0 fully saturated rings. The molecule has 0 aromatic heterocycles. The Balaban J connectivity index is 0.00000144. The van der Waals surface area contributed by atoms with E-state index in [4.69, 9.17) is 22.7 Å². The van der Waals surface area contributed by atoms with Gasteiger partial charge in [0.15, 0.2) is 0 Å². The molecule has 0 saturated carbocycles. The molecular formula is C9H10Cl2N2. The summed E-state index contributed by atoms with van der Waals surface area (Å²) in [5.74, 6) is 0.0463. The van der Waals surface area contributed by atoms with E-state index in [1.165, 1.54) is 6.08 Å². The Morgan fingerprint density at radius 3 is 2.31 bits per heavy atom. The molecule has 1 rings (SSSR count). The molecule has 0 radical (unpaired) electrons. The second-order valence-electron chi connectivity index (χ2n) is 2.34. The normalized spacial score (nSPS) is 9.62. The van der Waals surface area contributed by atoms with E-state index in [-0.39, 0.29) is 18.2 Å². The van der Waals surface area contributed by atoms with Crippen molar-refractivity contribution in [1.82, 2.24) is 0 Å². The minimum absolute atomic E-state index is 0. The monoisotopic (exact) mass is 216 g/mol. The fraction of sp³-hybridized carbons (Fsp3) is 0. The van der Waals surface area contributed by atoms with E-state index in [2.05, 4.69) is 0 Å². The summed E-state index contributed by atoms with van der Waals surface area (Å²) in [5, 5.41) is 7.65. The average Bonchev–Trinajstić information content (AvgIpc) is 2.03. The summed E-state index contributed by atoms with van der Waals surface area (Å²) < 4.78 is 0. The van der Waals surface area contributed by atoms with Gasteiger partial charge in [-0.05, 0) is 23.8 Å². The Bertz CT molecular complexity index is 304. The molecule has 0 amide bonds. The average molecular weight is 217 g/mol. The zero-order valence-corrected chi connectivity index (χ0v) is 8.40. The maximum atomic E-state index is 6.95. The van der Waals surface area contributed by atoms with Crippen LogP contribution in [0, 0.1) is 5.41 Å². The second kappa shape index (κ2) is 5.62. The van der Waals surface area contributed by atoms with E-state index in [1.54, 1.807) is 18.2 Å². The lowest BCUT2D eigenvalue weighted by Crippen LogP contribution is -2.03. The Kier molecular flexibility index (Phi) is 5.19. The van der Waals surface area contributed by atoms with Crippen LogP contribution in [0.25, 0.3) is 6.08 Å². The van der Waals surface area contributed by atoms with E-state index in [0.29, 0.717) is 5.02 Å². The van der Waals surface area contributed by atoms with Gasteiger partial charge >= 0.3 is 0 Å². The minimum Gasteiger partial charge on any atom is -0.384 e. The van der Waals surface area contributed by atoms with Crippen LogP contribution in [0.5, 0.6) is 0 Å². The molecule has 1 aromatic carbocycles. The van der Waals surface area contributed by atoms with Gasteiger partial charge in [0, 0.05) is 5.02 Å². The van der Waals surface area contributed by atoms with Gasteiger partial charge in [0.25, 0.3) is 0 Å². The molecular weight excluding hydrogens is 207 g/mol. The molecule has 3 N–H and O–H groups in total. The van der Waals surface area contributed by atoms with Crippen molar-refractivity contribution in [1.29, 1.82) is 5.41 Å². The first-order valence-corrected chi connectivity index (χ1v) is 3.84. The molecule has 0 spiro atoms. The zero-order valence-electron chi connectivity index (χ0n) is 6.83. The molecule has 0 aliphatic heterocycles. The number of hydrogen-bond acceptors (Lipinski definition) is 1. The van der Waals surface area contributed by atoms with Crippen LogP contribution >= 0.6 is 24.0 Å². The lowest BCUT2D eigenvalue weighted by Gasteiger charge is -1.92. The van der Waals surface area contributed by atoms with Gasteiger partial charge in [-0.15, -0.1) is 12.4 Å². The molecule has 0 aliphatic carbocycles. The van der Waals surface area contributed by atoms with Crippen molar-refractivity contribution in [2.45, 2.75) is 0 Å². The van der Waals surface area contributed by atoms with Crippen LogP contribution in [0.2, 0.25) is 5.02 Å². The van der Waals surface area contributed by atoms with E-state index in [0.717, 1.165) is 5.56 Å². The summed E-state index contributed by atoms with van der Waals surface area (Å²) >= 11 is 5.68. The van der Waals surface area contributed by atoms with Gasteiger partial charge in [0.2, 0.25) is 0 Å². The molecule has 1 aromatic rings. The summed E-state index contributed by atoms with van der Waals surface area (Å²) in [6.45, 7) is 0.